The third-order valence-electron chi connectivity index (χ3n) is 2.95. The standard InChI is InChI=1S/C14H15N5/c1-2-7-14-13(6-1)17-18-19(14)10-9-15-11-12-5-3-4-8-16-12/h1-8,15H,9-11H2. The van der Waals surface area contributed by atoms with Crippen molar-refractivity contribution < 1.29 is 0 Å². The molecule has 2 aromatic heterocycles. The Hall–Kier alpha value is -2.27. The highest BCUT2D eigenvalue weighted by Crippen LogP contribution is 2.08. The number of para-hydroxylation sites is 1. The zero-order chi connectivity index (χ0) is 12.9. The monoisotopic (exact) mass is 253 g/mol. The lowest BCUT2D eigenvalue weighted by molar-refractivity contribution is 0.549. The van der Waals surface area contributed by atoms with Crippen molar-refractivity contribution in [2.24, 2.45) is 0 Å². The zero-order valence-corrected chi connectivity index (χ0v) is 10.5. The molecule has 0 unspecified atom stereocenters. The maximum absolute atomic E-state index is 4.27. The molecular formula is C14H15N5. The molecule has 0 atom stereocenters. The Balaban J connectivity index is 1.55. The molecule has 0 saturated carbocycles. The van der Waals surface area contributed by atoms with Crippen molar-refractivity contribution in [3.05, 3.63) is 54.4 Å². The highest BCUT2D eigenvalue weighted by Gasteiger charge is 2.02. The number of hydrogen-bond donors (Lipinski definition) is 1. The van der Waals surface area contributed by atoms with Crippen molar-refractivity contribution >= 4 is 11.0 Å². The molecule has 5 nitrogen and oxygen atoms in total. The smallest absolute Gasteiger partial charge is 0.113 e. The van der Waals surface area contributed by atoms with E-state index in [1.807, 2.05) is 53.3 Å². The summed E-state index contributed by atoms with van der Waals surface area (Å²) < 4.78 is 1.92. The van der Waals surface area contributed by atoms with Crippen LogP contribution in [0.15, 0.2) is 48.7 Å². The van der Waals surface area contributed by atoms with Gasteiger partial charge in [-0.3, -0.25) is 4.98 Å². The van der Waals surface area contributed by atoms with Crippen LogP contribution in [-0.4, -0.2) is 26.5 Å². The van der Waals surface area contributed by atoms with Crippen molar-refractivity contribution in [2.45, 2.75) is 13.1 Å². The number of fused-ring (bicyclic) bond motifs is 1. The molecule has 5 heteroatoms. The second kappa shape index (κ2) is 5.58. The third kappa shape index (κ3) is 2.77. The lowest BCUT2D eigenvalue weighted by Crippen LogP contribution is -2.20. The largest absolute Gasteiger partial charge is 0.309 e. The summed E-state index contributed by atoms with van der Waals surface area (Å²) in [5, 5.41) is 11.6. The van der Waals surface area contributed by atoms with Gasteiger partial charge < -0.3 is 5.32 Å². The maximum atomic E-state index is 4.27. The molecule has 1 N–H and O–H groups in total. The normalized spacial score (nSPS) is 10.9. The van der Waals surface area contributed by atoms with Gasteiger partial charge in [0.25, 0.3) is 0 Å². The summed E-state index contributed by atoms with van der Waals surface area (Å²) in [6.45, 7) is 2.41. The fourth-order valence-electron chi connectivity index (χ4n) is 1.99. The van der Waals surface area contributed by atoms with Gasteiger partial charge in [-0.25, -0.2) is 4.68 Å². The van der Waals surface area contributed by atoms with E-state index in [2.05, 4.69) is 20.6 Å². The summed E-state index contributed by atoms with van der Waals surface area (Å²) in [4.78, 5) is 4.27. The van der Waals surface area contributed by atoms with Crippen LogP contribution in [0.2, 0.25) is 0 Å². The number of hydrogen-bond acceptors (Lipinski definition) is 4. The van der Waals surface area contributed by atoms with Crippen LogP contribution in [0.3, 0.4) is 0 Å². The predicted molar refractivity (Wildman–Crippen MR) is 73.5 cm³/mol. The van der Waals surface area contributed by atoms with Crippen molar-refractivity contribution in [3.63, 3.8) is 0 Å². The Kier molecular flexibility index (Phi) is 3.47. The molecule has 0 radical (unpaired) electrons. The van der Waals surface area contributed by atoms with Gasteiger partial charge in [-0.1, -0.05) is 23.4 Å². The molecule has 1 aromatic carbocycles. The molecule has 0 bridgehead atoms. The molecule has 96 valence electrons. The lowest BCUT2D eigenvalue weighted by atomic mass is 10.3. The first kappa shape index (κ1) is 11.8. The summed E-state index contributed by atoms with van der Waals surface area (Å²) in [5.41, 5.74) is 3.06. The second-order valence-electron chi connectivity index (χ2n) is 4.30. The minimum atomic E-state index is 0.771. The van der Waals surface area contributed by atoms with E-state index >= 15 is 0 Å². The Labute approximate surface area is 111 Å². The molecule has 0 saturated heterocycles. The first-order valence-corrected chi connectivity index (χ1v) is 6.32. The summed E-state index contributed by atoms with van der Waals surface area (Å²) in [6, 6.07) is 13.9. The van der Waals surface area contributed by atoms with E-state index < -0.39 is 0 Å². The molecule has 2 heterocycles. The average Bonchev–Trinajstić information content (AvgIpc) is 2.88. The maximum Gasteiger partial charge on any atom is 0.113 e. The van der Waals surface area contributed by atoms with Crippen LogP contribution in [-0.2, 0) is 13.1 Å². The molecule has 0 fully saturated rings. The first-order valence-electron chi connectivity index (χ1n) is 6.32. The van der Waals surface area contributed by atoms with E-state index in [-0.39, 0.29) is 0 Å². The molecule has 0 aliphatic rings. The van der Waals surface area contributed by atoms with Crippen LogP contribution in [0.1, 0.15) is 5.69 Å². The van der Waals surface area contributed by atoms with Gasteiger partial charge in [0.1, 0.15) is 5.52 Å². The molecule has 3 rings (SSSR count). The van der Waals surface area contributed by atoms with Gasteiger partial charge in [0.2, 0.25) is 0 Å². The number of aromatic nitrogens is 4. The Morgan fingerprint density at radius 1 is 1.05 bits per heavy atom. The number of nitrogens with one attached hydrogen (secondary N) is 1. The fraction of sp³-hybridized carbons (Fsp3) is 0.214. The number of nitrogens with zero attached hydrogens (tertiary/aromatic N) is 4. The Bertz CT molecular complexity index is 647. The second-order valence-corrected chi connectivity index (χ2v) is 4.30. The average molecular weight is 253 g/mol. The van der Waals surface area contributed by atoms with Gasteiger partial charge in [0, 0.05) is 19.3 Å². The first-order chi connectivity index (χ1) is 9.43. The highest BCUT2D eigenvalue weighted by molar-refractivity contribution is 5.73. The van der Waals surface area contributed by atoms with Crippen LogP contribution in [0.4, 0.5) is 0 Å². The van der Waals surface area contributed by atoms with E-state index in [9.17, 15) is 0 Å². The van der Waals surface area contributed by atoms with E-state index in [1.165, 1.54) is 0 Å². The van der Waals surface area contributed by atoms with E-state index in [1.54, 1.807) is 0 Å². The predicted octanol–water partition coefficient (Wildman–Crippen LogP) is 1.62. The van der Waals surface area contributed by atoms with Gasteiger partial charge in [-0.2, -0.15) is 0 Å². The van der Waals surface area contributed by atoms with Gasteiger partial charge >= 0.3 is 0 Å². The highest BCUT2D eigenvalue weighted by atomic mass is 15.4. The summed E-state index contributed by atoms with van der Waals surface area (Å²) in [7, 11) is 0. The van der Waals surface area contributed by atoms with E-state index in [0.29, 0.717) is 0 Å². The van der Waals surface area contributed by atoms with Gasteiger partial charge in [0.15, 0.2) is 0 Å². The third-order valence-corrected chi connectivity index (χ3v) is 2.95. The Morgan fingerprint density at radius 2 is 1.95 bits per heavy atom. The summed E-state index contributed by atoms with van der Waals surface area (Å²) in [6.07, 6.45) is 1.81. The number of pyridine rings is 1. The van der Waals surface area contributed by atoms with Crippen molar-refractivity contribution in [1.82, 2.24) is 25.3 Å². The molecule has 3 aromatic rings. The minimum Gasteiger partial charge on any atom is -0.309 e. The van der Waals surface area contributed by atoms with E-state index in [0.717, 1.165) is 36.4 Å². The topological polar surface area (TPSA) is 55.6 Å². The molecule has 0 spiro atoms. The number of benzene rings is 1. The minimum absolute atomic E-state index is 0.771. The number of rotatable bonds is 5. The summed E-state index contributed by atoms with van der Waals surface area (Å²) >= 11 is 0. The lowest BCUT2D eigenvalue weighted by Gasteiger charge is -2.04. The molecule has 0 aliphatic carbocycles. The molecule has 0 aliphatic heterocycles. The van der Waals surface area contributed by atoms with Gasteiger partial charge in [0.05, 0.1) is 17.8 Å². The Morgan fingerprint density at radius 3 is 2.84 bits per heavy atom. The molecular weight excluding hydrogens is 238 g/mol. The van der Waals surface area contributed by atoms with Gasteiger partial charge in [-0.05, 0) is 24.3 Å². The van der Waals surface area contributed by atoms with Crippen molar-refractivity contribution in [3.8, 4) is 0 Å². The quantitative estimate of drug-likeness (QED) is 0.702. The van der Waals surface area contributed by atoms with Crippen LogP contribution < -0.4 is 5.32 Å². The SMILES string of the molecule is c1ccc(CNCCn2nnc3ccccc32)nc1. The van der Waals surface area contributed by atoms with E-state index in [4.69, 9.17) is 0 Å². The van der Waals surface area contributed by atoms with Crippen molar-refractivity contribution in [1.29, 1.82) is 0 Å². The van der Waals surface area contributed by atoms with Crippen LogP contribution in [0, 0.1) is 0 Å². The van der Waals surface area contributed by atoms with Gasteiger partial charge in [-0.15, -0.1) is 5.10 Å². The van der Waals surface area contributed by atoms with Crippen LogP contribution in [0.25, 0.3) is 11.0 Å². The van der Waals surface area contributed by atoms with Crippen LogP contribution >= 0.6 is 0 Å². The zero-order valence-electron chi connectivity index (χ0n) is 10.5. The fourth-order valence-corrected chi connectivity index (χ4v) is 1.99. The summed E-state index contributed by atoms with van der Waals surface area (Å²) in [5.74, 6) is 0. The van der Waals surface area contributed by atoms with Crippen molar-refractivity contribution in [2.75, 3.05) is 6.54 Å². The molecule has 0 amide bonds. The molecule has 19 heavy (non-hydrogen) atoms. The van der Waals surface area contributed by atoms with Crippen LogP contribution in [0.5, 0.6) is 0 Å².